The van der Waals surface area contributed by atoms with Gasteiger partial charge in [0, 0.05) is 6.04 Å². The SMILES string of the molecule is CC[C@H](C)NC(=O)NC(=O)COC(=O)/C(C#N)=C/c1ccc(C)cc1. The van der Waals surface area contributed by atoms with Crippen LogP contribution < -0.4 is 10.6 Å². The Bertz CT molecular complexity index is 702. The lowest BCUT2D eigenvalue weighted by Crippen LogP contribution is -2.44. The molecule has 1 aromatic carbocycles. The summed E-state index contributed by atoms with van der Waals surface area (Å²) in [5, 5.41) is 13.7. The maximum Gasteiger partial charge on any atom is 0.349 e. The highest BCUT2D eigenvalue weighted by atomic mass is 16.5. The molecule has 25 heavy (non-hydrogen) atoms. The van der Waals surface area contributed by atoms with Gasteiger partial charge in [-0.25, -0.2) is 9.59 Å². The molecule has 1 rings (SSSR count). The van der Waals surface area contributed by atoms with Gasteiger partial charge in [-0.05, 0) is 31.9 Å². The first-order chi connectivity index (χ1) is 11.8. The van der Waals surface area contributed by atoms with Gasteiger partial charge < -0.3 is 10.1 Å². The van der Waals surface area contributed by atoms with Gasteiger partial charge in [0.05, 0.1) is 0 Å². The van der Waals surface area contributed by atoms with Gasteiger partial charge in [0.15, 0.2) is 6.61 Å². The van der Waals surface area contributed by atoms with Crippen LogP contribution in [0.25, 0.3) is 6.08 Å². The van der Waals surface area contributed by atoms with Crippen LogP contribution in [0.3, 0.4) is 0 Å². The van der Waals surface area contributed by atoms with E-state index in [-0.39, 0.29) is 11.6 Å². The van der Waals surface area contributed by atoms with Crippen molar-refractivity contribution in [2.24, 2.45) is 0 Å². The smallest absolute Gasteiger partial charge is 0.349 e. The van der Waals surface area contributed by atoms with Crippen LogP contribution in [0.4, 0.5) is 4.79 Å². The number of imide groups is 1. The van der Waals surface area contributed by atoms with E-state index in [0.717, 1.165) is 5.56 Å². The highest BCUT2D eigenvalue weighted by Crippen LogP contribution is 2.09. The van der Waals surface area contributed by atoms with Crippen LogP contribution in [0.2, 0.25) is 0 Å². The zero-order chi connectivity index (χ0) is 18.8. The fourth-order valence-electron chi connectivity index (χ4n) is 1.70. The minimum atomic E-state index is -0.930. The number of hydrogen-bond donors (Lipinski definition) is 2. The minimum Gasteiger partial charge on any atom is -0.451 e. The third kappa shape index (κ3) is 7.31. The Hall–Kier alpha value is -3.14. The van der Waals surface area contributed by atoms with Gasteiger partial charge in [-0.3, -0.25) is 10.1 Å². The van der Waals surface area contributed by atoms with E-state index in [9.17, 15) is 14.4 Å². The molecule has 1 aromatic rings. The fourth-order valence-corrected chi connectivity index (χ4v) is 1.70. The van der Waals surface area contributed by atoms with Gasteiger partial charge >= 0.3 is 12.0 Å². The van der Waals surface area contributed by atoms with E-state index in [0.29, 0.717) is 12.0 Å². The molecule has 2 N–H and O–H groups in total. The summed E-state index contributed by atoms with van der Waals surface area (Å²) in [7, 11) is 0. The van der Waals surface area contributed by atoms with E-state index in [4.69, 9.17) is 10.00 Å². The van der Waals surface area contributed by atoms with Crippen LogP contribution in [-0.4, -0.2) is 30.6 Å². The topological polar surface area (TPSA) is 108 Å². The monoisotopic (exact) mass is 343 g/mol. The molecular weight excluding hydrogens is 322 g/mol. The molecule has 132 valence electrons. The zero-order valence-electron chi connectivity index (χ0n) is 14.5. The van der Waals surface area contributed by atoms with Crippen molar-refractivity contribution in [3.05, 3.63) is 41.0 Å². The van der Waals surface area contributed by atoms with Crippen LogP contribution >= 0.6 is 0 Å². The summed E-state index contributed by atoms with van der Waals surface area (Å²) in [5.41, 5.74) is 1.47. The number of nitrogens with zero attached hydrogens (tertiary/aromatic N) is 1. The Morgan fingerprint density at radius 2 is 1.92 bits per heavy atom. The molecule has 7 heteroatoms. The second-order valence-corrected chi connectivity index (χ2v) is 5.49. The van der Waals surface area contributed by atoms with E-state index in [1.54, 1.807) is 25.1 Å². The molecule has 7 nitrogen and oxygen atoms in total. The summed E-state index contributed by atoms with van der Waals surface area (Å²) in [5.74, 6) is -1.71. The van der Waals surface area contributed by atoms with Crippen molar-refractivity contribution in [1.29, 1.82) is 5.26 Å². The number of aryl methyl sites for hydroxylation is 1. The summed E-state index contributed by atoms with van der Waals surface area (Å²) in [4.78, 5) is 34.9. The molecule has 0 aliphatic heterocycles. The van der Waals surface area contributed by atoms with Crippen LogP contribution in [-0.2, 0) is 14.3 Å². The number of carbonyl (C=O) groups excluding carboxylic acids is 3. The predicted octanol–water partition coefficient (Wildman–Crippen LogP) is 2.07. The Balaban J connectivity index is 2.56. The first-order valence-electron chi connectivity index (χ1n) is 7.81. The van der Waals surface area contributed by atoms with E-state index >= 15 is 0 Å². The van der Waals surface area contributed by atoms with Gasteiger partial charge in [-0.2, -0.15) is 5.26 Å². The first-order valence-corrected chi connectivity index (χ1v) is 7.81. The molecular formula is C18H21N3O4. The summed E-state index contributed by atoms with van der Waals surface area (Å²) in [6, 6.07) is 8.19. The van der Waals surface area contributed by atoms with Crippen LogP contribution in [0.5, 0.6) is 0 Å². The highest BCUT2D eigenvalue weighted by molar-refractivity contribution is 6.00. The fraction of sp³-hybridized carbons (Fsp3) is 0.333. The standard InChI is InChI=1S/C18H21N3O4/c1-4-13(3)20-18(24)21-16(22)11-25-17(23)15(10-19)9-14-7-5-12(2)6-8-14/h5-9,13H,4,11H2,1-3H3,(H2,20,21,22,24)/b15-9+/t13-/m0/s1. The molecule has 0 aliphatic carbocycles. The largest absolute Gasteiger partial charge is 0.451 e. The number of nitrogens with one attached hydrogen (secondary N) is 2. The van der Waals surface area contributed by atoms with Gasteiger partial charge in [0.25, 0.3) is 5.91 Å². The Labute approximate surface area is 146 Å². The number of ether oxygens (including phenoxy) is 1. The molecule has 0 fully saturated rings. The summed E-state index contributed by atoms with van der Waals surface area (Å²) >= 11 is 0. The van der Waals surface area contributed by atoms with Crippen LogP contribution in [0.1, 0.15) is 31.4 Å². The van der Waals surface area contributed by atoms with E-state index in [1.165, 1.54) is 6.08 Å². The number of urea groups is 1. The average molecular weight is 343 g/mol. The molecule has 0 aliphatic rings. The van der Waals surface area contributed by atoms with Crippen LogP contribution in [0, 0.1) is 18.3 Å². The van der Waals surface area contributed by atoms with E-state index in [2.05, 4.69) is 5.32 Å². The normalized spacial score (nSPS) is 11.8. The van der Waals surface area contributed by atoms with Gasteiger partial charge in [0.2, 0.25) is 0 Å². The molecule has 1 atom stereocenters. The molecule has 0 saturated carbocycles. The second-order valence-electron chi connectivity index (χ2n) is 5.49. The number of amides is 3. The van der Waals surface area contributed by atoms with Crippen molar-refractivity contribution in [3.8, 4) is 6.07 Å². The van der Waals surface area contributed by atoms with Crippen molar-refractivity contribution >= 4 is 24.0 Å². The van der Waals surface area contributed by atoms with Gasteiger partial charge in [-0.1, -0.05) is 36.8 Å². The van der Waals surface area contributed by atoms with E-state index < -0.39 is 24.5 Å². The van der Waals surface area contributed by atoms with Crippen molar-refractivity contribution in [1.82, 2.24) is 10.6 Å². The minimum absolute atomic E-state index is 0.0852. The highest BCUT2D eigenvalue weighted by Gasteiger charge is 2.15. The molecule has 0 radical (unpaired) electrons. The summed E-state index contributed by atoms with van der Waals surface area (Å²) in [6.45, 7) is 4.94. The van der Waals surface area contributed by atoms with Crippen molar-refractivity contribution in [3.63, 3.8) is 0 Å². The van der Waals surface area contributed by atoms with Crippen molar-refractivity contribution in [2.75, 3.05) is 6.61 Å². The van der Waals surface area contributed by atoms with Crippen molar-refractivity contribution in [2.45, 2.75) is 33.2 Å². The zero-order valence-corrected chi connectivity index (χ0v) is 14.5. The van der Waals surface area contributed by atoms with E-state index in [1.807, 2.05) is 31.3 Å². The quantitative estimate of drug-likeness (QED) is 0.467. The maximum absolute atomic E-state index is 11.9. The lowest BCUT2D eigenvalue weighted by molar-refractivity contribution is -0.144. The molecule has 0 unspecified atom stereocenters. The van der Waals surface area contributed by atoms with Crippen LogP contribution in [0.15, 0.2) is 29.8 Å². The summed E-state index contributed by atoms with van der Waals surface area (Å²) < 4.78 is 4.76. The third-order valence-corrected chi connectivity index (χ3v) is 3.31. The molecule has 3 amide bonds. The Morgan fingerprint density at radius 1 is 1.28 bits per heavy atom. The van der Waals surface area contributed by atoms with Gasteiger partial charge in [-0.15, -0.1) is 0 Å². The number of nitriles is 1. The second kappa shape index (κ2) is 9.88. The number of benzene rings is 1. The lowest BCUT2D eigenvalue weighted by Gasteiger charge is -2.11. The maximum atomic E-state index is 11.9. The Kier molecular flexibility index (Phi) is 7.87. The number of rotatable bonds is 6. The molecule has 0 heterocycles. The number of carbonyl (C=O) groups is 3. The van der Waals surface area contributed by atoms with Crippen molar-refractivity contribution < 1.29 is 19.1 Å². The first kappa shape index (κ1) is 19.9. The summed E-state index contributed by atoms with van der Waals surface area (Å²) in [6.07, 6.45) is 2.08. The average Bonchev–Trinajstić information content (AvgIpc) is 2.58. The third-order valence-electron chi connectivity index (χ3n) is 3.31. The number of esters is 1. The lowest BCUT2D eigenvalue weighted by atomic mass is 10.1. The van der Waals surface area contributed by atoms with Gasteiger partial charge in [0.1, 0.15) is 11.6 Å². The Morgan fingerprint density at radius 3 is 2.48 bits per heavy atom. The molecule has 0 spiro atoms. The molecule has 0 bridgehead atoms. The molecule has 0 aromatic heterocycles. The molecule has 0 saturated heterocycles. The number of hydrogen-bond acceptors (Lipinski definition) is 5. The predicted molar refractivity (Wildman–Crippen MR) is 92.2 cm³/mol.